The van der Waals surface area contributed by atoms with Crippen LogP contribution < -0.4 is 5.32 Å². The van der Waals surface area contributed by atoms with E-state index in [0.717, 1.165) is 32.2 Å². The summed E-state index contributed by atoms with van der Waals surface area (Å²) in [5, 5.41) is 3.06. The van der Waals surface area contributed by atoms with Crippen LogP contribution in [-0.2, 0) is 10.2 Å². The smallest absolute Gasteiger partial charge is 0.251 e. The molecule has 0 aromatic heterocycles. The number of benzene rings is 1. The molecule has 1 heterocycles. The minimum absolute atomic E-state index is 0.0121. The highest BCUT2D eigenvalue weighted by Gasteiger charge is 2.65. The molecule has 1 amide bonds. The molecule has 5 atom stereocenters. The third kappa shape index (κ3) is 3.19. The maximum atomic E-state index is 14.4. The van der Waals surface area contributed by atoms with Crippen LogP contribution >= 0.6 is 0 Å². The molecule has 4 heteroatoms. The van der Waals surface area contributed by atoms with Gasteiger partial charge in [-0.25, -0.2) is 9.38 Å². The van der Waals surface area contributed by atoms with Gasteiger partial charge in [0.15, 0.2) is 6.17 Å². The number of rotatable bonds is 4. The van der Waals surface area contributed by atoms with Gasteiger partial charge >= 0.3 is 0 Å². The Hall–Kier alpha value is -1.55. The molecular weight excluding hydrogens is 363 g/mol. The van der Waals surface area contributed by atoms with Crippen LogP contribution in [0, 0.1) is 16.7 Å². The first-order chi connectivity index (χ1) is 14.0. The number of piperidine rings is 1. The second-order valence-corrected chi connectivity index (χ2v) is 10.5. The van der Waals surface area contributed by atoms with E-state index in [9.17, 15) is 9.18 Å². The molecule has 156 valence electrons. The lowest BCUT2D eigenvalue weighted by atomic mass is 9.37. The van der Waals surface area contributed by atoms with Crippen molar-refractivity contribution in [3.8, 4) is 0 Å². The molecule has 0 radical (unpaired) electrons. The van der Waals surface area contributed by atoms with E-state index < -0.39 is 6.17 Å². The predicted molar refractivity (Wildman–Crippen MR) is 114 cm³/mol. The zero-order valence-corrected chi connectivity index (χ0v) is 17.6. The number of carbonyl (C=O) groups is 1. The van der Waals surface area contributed by atoms with Crippen molar-refractivity contribution in [2.24, 2.45) is 21.7 Å². The quantitative estimate of drug-likeness (QED) is 0.779. The Morgan fingerprint density at radius 3 is 2.76 bits per heavy atom. The van der Waals surface area contributed by atoms with E-state index in [1.54, 1.807) is 0 Å². The second-order valence-electron chi connectivity index (χ2n) is 10.5. The van der Waals surface area contributed by atoms with Crippen molar-refractivity contribution in [1.29, 1.82) is 0 Å². The molecule has 3 nitrogen and oxygen atoms in total. The first-order valence-electron chi connectivity index (χ1n) is 11.5. The lowest BCUT2D eigenvalue weighted by Crippen LogP contribution is -2.60. The number of aliphatic imine (C=N–C) groups is 1. The van der Waals surface area contributed by atoms with E-state index in [1.165, 1.54) is 31.2 Å². The maximum absolute atomic E-state index is 14.4. The van der Waals surface area contributed by atoms with Gasteiger partial charge in [-0.2, -0.15) is 0 Å². The van der Waals surface area contributed by atoms with E-state index in [-0.39, 0.29) is 28.7 Å². The van der Waals surface area contributed by atoms with Gasteiger partial charge in [0.25, 0.3) is 5.91 Å². The van der Waals surface area contributed by atoms with Gasteiger partial charge in [0.05, 0.1) is 11.1 Å². The van der Waals surface area contributed by atoms with Gasteiger partial charge < -0.3 is 5.32 Å². The molecule has 2 unspecified atom stereocenters. The summed E-state index contributed by atoms with van der Waals surface area (Å²) in [4.78, 5) is 18.1. The molecule has 4 saturated carbocycles. The molecule has 4 aliphatic carbocycles. The first kappa shape index (κ1) is 19.4. The molecule has 1 aliphatic heterocycles. The van der Waals surface area contributed by atoms with E-state index in [1.807, 2.05) is 0 Å². The van der Waals surface area contributed by atoms with Crippen LogP contribution in [0.25, 0.3) is 0 Å². The van der Waals surface area contributed by atoms with E-state index in [4.69, 9.17) is 0 Å². The summed E-state index contributed by atoms with van der Waals surface area (Å²) >= 11 is 0. The van der Waals surface area contributed by atoms with Crippen LogP contribution in [0.5, 0.6) is 0 Å². The normalized spacial score (nSPS) is 42.3. The van der Waals surface area contributed by atoms with Crippen LogP contribution in [0.2, 0.25) is 0 Å². The Labute approximate surface area is 173 Å². The van der Waals surface area contributed by atoms with Crippen LogP contribution in [0.4, 0.5) is 4.39 Å². The van der Waals surface area contributed by atoms with Crippen molar-refractivity contribution in [2.45, 2.75) is 76.3 Å². The Balaban J connectivity index is 1.54. The van der Waals surface area contributed by atoms with Crippen molar-refractivity contribution in [1.82, 2.24) is 5.32 Å². The lowest BCUT2D eigenvalue weighted by Gasteiger charge is -2.66. The highest BCUT2D eigenvalue weighted by molar-refractivity contribution is 6.01. The minimum Gasteiger partial charge on any atom is -0.313 e. The summed E-state index contributed by atoms with van der Waals surface area (Å²) in [5.74, 6) is 0.582. The largest absolute Gasteiger partial charge is 0.313 e. The van der Waals surface area contributed by atoms with Crippen molar-refractivity contribution < 1.29 is 9.18 Å². The summed E-state index contributed by atoms with van der Waals surface area (Å²) in [6.45, 7) is 3.27. The molecule has 4 bridgehead atoms. The molecule has 1 aromatic rings. The average Bonchev–Trinajstić information content (AvgIpc) is 2.69. The number of carbonyl (C=O) groups excluding carboxylic acids is 1. The third-order valence-corrected chi connectivity index (χ3v) is 8.29. The summed E-state index contributed by atoms with van der Waals surface area (Å²) in [6, 6.07) is 10.9. The van der Waals surface area contributed by atoms with Gasteiger partial charge in [0, 0.05) is 19.5 Å². The number of halogens is 1. The second kappa shape index (κ2) is 7.01. The molecule has 1 saturated heterocycles. The summed E-state index contributed by atoms with van der Waals surface area (Å²) in [7, 11) is 0. The van der Waals surface area contributed by atoms with Crippen LogP contribution in [0.15, 0.2) is 35.3 Å². The minimum atomic E-state index is -1.12. The molecule has 1 N–H and O–H groups in total. The number of nitrogens with zero attached hydrogens (tertiary/aromatic N) is 1. The zero-order valence-electron chi connectivity index (χ0n) is 17.6. The lowest BCUT2D eigenvalue weighted by molar-refractivity contribution is -0.160. The van der Waals surface area contributed by atoms with Gasteiger partial charge in [-0.15, -0.1) is 0 Å². The highest BCUT2D eigenvalue weighted by Crippen LogP contribution is 2.71. The van der Waals surface area contributed by atoms with Crippen molar-refractivity contribution in [3.63, 3.8) is 0 Å². The Morgan fingerprint density at radius 2 is 2.00 bits per heavy atom. The van der Waals surface area contributed by atoms with Gasteiger partial charge in [0.2, 0.25) is 0 Å². The maximum Gasteiger partial charge on any atom is 0.251 e. The zero-order chi connectivity index (χ0) is 20.1. The van der Waals surface area contributed by atoms with E-state index >= 15 is 0 Å². The summed E-state index contributed by atoms with van der Waals surface area (Å²) in [6.07, 6.45) is 8.27. The Morgan fingerprint density at radius 1 is 1.17 bits per heavy atom. The standard InChI is InChI=1S/C25H33FN2O/c1-2-9-23-11-18-12-24(15-23,19-6-4-3-5-7-19)17-25(13-18,16-23)22(29)28-21-8-10-27-14-20(21)26/h3-7,18,20,27H,2,8-17H2,1H3/t18?,20-,23+,24+,25?/m0/s1. The van der Waals surface area contributed by atoms with E-state index in [2.05, 4.69) is 47.6 Å². The topological polar surface area (TPSA) is 41.5 Å². The highest BCUT2D eigenvalue weighted by atomic mass is 19.1. The van der Waals surface area contributed by atoms with Gasteiger partial charge in [-0.05, 0) is 67.3 Å². The van der Waals surface area contributed by atoms with Crippen LogP contribution in [0.1, 0.15) is 70.3 Å². The average molecular weight is 397 g/mol. The van der Waals surface area contributed by atoms with Crippen molar-refractivity contribution in [3.05, 3.63) is 35.9 Å². The third-order valence-electron chi connectivity index (χ3n) is 8.29. The van der Waals surface area contributed by atoms with Crippen molar-refractivity contribution in [2.75, 3.05) is 13.1 Å². The molecule has 5 fully saturated rings. The van der Waals surface area contributed by atoms with Crippen LogP contribution in [0.3, 0.4) is 0 Å². The molecule has 29 heavy (non-hydrogen) atoms. The fraction of sp³-hybridized carbons (Fsp3) is 0.680. The van der Waals surface area contributed by atoms with Crippen molar-refractivity contribution >= 4 is 11.6 Å². The first-order valence-corrected chi connectivity index (χ1v) is 11.5. The fourth-order valence-corrected chi connectivity index (χ4v) is 7.89. The number of nitrogens with one attached hydrogen (secondary N) is 1. The Bertz CT molecular complexity index is 823. The van der Waals surface area contributed by atoms with Crippen LogP contribution in [-0.4, -0.2) is 30.9 Å². The SMILES string of the molecule is CCC[C@]12CC3CC(C(=O)N=C4CCNC[C@@H]4F)(C1)C[C@@](c1ccccc1)(C3)C2. The molecule has 1 aromatic carbocycles. The number of alkyl halides is 1. The summed E-state index contributed by atoms with van der Waals surface area (Å²) < 4.78 is 14.4. The van der Waals surface area contributed by atoms with Gasteiger partial charge in [-0.3, -0.25) is 4.79 Å². The van der Waals surface area contributed by atoms with Gasteiger partial charge in [-0.1, -0.05) is 43.7 Å². The van der Waals surface area contributed by atoms with E-state index in [0.29, 0.717) is 18.1 Å². The van der Waals surface area contributed by atoms with Gasteiger partial charge in [0.1, 0.15) is 0 Å². The number of hydrogen-bond donors (Lipinski definition) is 1. The predicted octanol–water partition coefficient (Wildman–Crippen LogP) is 4.99. The molecule has 6 rings (SSSR count). The molecule has 5 aliphatic rings. The number of amides is 1. The summed E-state index contributed by atoms with van der Waals surface area (Å²) in [5.41, 5.74) is 1.84. The monoisotopic (exact) mass is 396 g/mol. The molecule has 0 spiro atoms. The molecular formula is C25H33FN2O. The fourth-order valence-electron chi connectivity index (χ4n) is 7.89. The Kier molecular flexibility index (Phi) is 4.69. The number of hydrogen-bond acceptors (Lipinski definition) is 2.